The maximum atomic E-state index is 12.3. The summed E-state index contributed by atoms with van der Waals surface area (Å²) in [6.07, 6.45) is 1.88. The highest BCUT2D eigenvalue weighted by Crippen LogP contribution is 2.21. The van der Waals surface area contributed by atoms with E-state index in [1.54, 1.807) is 0 Å². The summed E-state index contributed by atoms with van der Waals surface area (Å²) in [6, 6.07) is 8.17. The Morgan fingerprint density at radius 2 is 1.95 bits per heavy atom. The van der Waals surface area contributed by atoms with E-state index in [-0.39, 0.29) is 12.1 Å². The van der Waals surface area contributed by atoms with E-state index in [0.29, 0.717) is 0 Å². The molecule has 122 valence electrons. The monoisotopic (exact) mass is 322 g/mol. The van der Waals surface area contributed by atoms with Crippen molar-refractivity contribution in [3.63, 3.8) is 0 Å². The first kappa shape index (κ1) is 17.0. The lowest BCUT2D eigenvalue weighted by Gasteiger charge is -2.29. The molecule has 0 unspecified atom stereocenters. The van der Waals surface area contributed by atoms with Gasteiger partial charge in [-0.1, -0.05) is 26.0 Å². The molecule has 0 aliphatic carbocycles. The van der Waals surface area contributed by atoms with Crippen LogP contribution in [-0.4, -0.2) is 42.1 Å². The van der Waals surface area contributed by atoms with Crippen LogP contribution < -0.4 is 10.1 Å². The number of nitrogens with zero attached hydrogens (tertiary/aromatic N) is 1. The van der Waals surface area contributed by atoms with Crippen molar-refractivity contribution < 1.29 is 9.53 Å². The number of urea groups is 1. The summed E-state index contributed by atoms with van der Waals surface area (Å²) in [5.41, 5.74) is 1.13. The summed E-state index contributed by atoms with van der Waals surface area (Å²) in [6.45, 7) is 6.61. The second-order valence-electron chi connectivity index (χ2n) is 5.43. The number of ether oxygens (including phenoxy) is 1. The zero-order chi connectivity index (χ0) is 15.8. The third-order valence-electron chi connectivity index (χ3n) is 3.76. The fourth-order valence-electron chi connectivity index (χ4n) is 2.44. The van der Waals surface area contributed by atoms with Gasteiger partial charge < -0.3 is 15.0 Å². The molecule has 22 heavy (non-hydrogen) atoms. The predicted octanol–water partition coefficient (Wildman–Crippen LogP) is 3.68. The molecular weight excluding hydrogens is 296 g/mol. The summed E-state index contributed by atoms with van der Waals surface area (Å²) in [7, 11) is 0. The first-order valence-electron chi connectivity index (χ1n) is 8.10. The summed E-state index contributed by atoms with van der Waals surface area (Å²) in [5, 5.41) is 3.15. The van der Waals surface area contributed by atoms with Crippen LogP contribution >= 0.6 is 11.8 Å². The third-order valence-corrected chi connectivity index (χ3v) is 4.70. The van der Waals surface area contributed by atoms with Crippen molar-refractivity contribution in [3.05, 3.63) is 29.8 Å². The van der Waals surface area contributed by atoms with E-state index < -0.39 is 0 Å². The molecule has 0 radical (unpaired) electrons. The van der Waals surface area contributed by atoms with Crippen LogP contribution in [0.15, 0.2) is 24.3 Å². The Morgan fingerprint density at radius 1 is 1.27 bits per heavy atom. The second-order valence-corrected chi connectivity index (χ2v) is 6.65. The Hall–Kier alpha value is -1.36. The average molecular weight is 322 g/mol. The van der Waals surface area contributed by atoms with Crippen LogP contribution in [0.25, 0.3) is 0 Å². The first-order valence-corrected chi connectivity index (χ1v) is 9.26. The Labute approximate surface area is 137 Å². The molecule has 1 aliphatic rings. The molecular formula is C17H26N2O2S. The van der Waals surface area contributed by atoms with Gasteiger partial charge in [0.1, 0.15) is 5.75 Å². The van der Waals surface area contributed by atoms with Crippen LogP contribution in [0, 0.1) is 0 Å². The van der Waals surface area contributed by atoms with Crippen molar-refractivity contribution in [3.8, 4) is 5.75 Å². The van der Waals surface area contributed by atoms with Gasteiger partial charge in [0.25, 0.3) is 0 Å². The van der Waals surface area contributed by atoms with Gasteiger partial charge in [0.2, 0.25) is 0 Å². The standard InChI is InChI=1S/C17H26N2O2S/c1-3-11-21-15-7-5-14(6-8-15)16(4-2)18-17(20)19-9-12-22-13-10-19/h5-8,16H,3-4,9-13H2,1-2H3,(H,18,20)/t16-/m0/s1. The molecule has 0 saturated carbocycles. The van der Waals surface area contributed by atoms with Crippen molar-refractivity contribution in [1.82, 2.24) is 10.2 Å². The van der Waals surface area contributed by atoms with Crippen LogP contribution in [0.2, 0.25) is 0 Å². The van der Waals surface area contributed by atoms with E-state index in [0.717, 1.165) is 55.4 Å². The van der Waals surface area contributed by atoms with Gasteiger partial charge in [-0.3, -0.25) is 0 Å². The molecule has 5 heteroatoms. The normalized spacial score (nSPS) is 16.2. The molecule has 1 aliphatic heterocycles. The van der Waals surface area contributed by atoms with Crippen molar-refractivity contribution in [1.29, 1.82) is 0 Å². The molecule has 1 heterocycles. The Morgan fingerprint density at radius 3 is 2.55 bits per heavy atom. The summed E-state index contributed by atoms with van der Waals surface area (Å²) >= 11 is 1.91. The number of hydrogen-bond acceptors (Lipinski definition) is 3. The lowest BCUT2D eigenvalue weighted by molar-refractivity contribution is 0.198. The molecule has 1 aromatic carbocycles. The van der Waals surface area contributed by atoms with E-state index in [1.807, 2.05) is 40.9 Å². The van der Waals surface area contributed by atoms with Gasteiger partial charge in [-0.15, -0.1) is 0 Å². The molecule has 2 amide bonds. The van der Waals surface area contributed by atoms with Crippen molar-refractivity contribution in [2.24, 2.45) is 0 Å². The Bertz CT molecular complexity index is 458. The maximum absolute atomic E-state index is 12.3. The number of thioether (sulfide) groups is 1. The topological polar surface area (TPSA) is 41.6 Å². The molecule has 4 nitrogen and oxygen atoms in total. The van der Waals surface area contributed by atoms with E-state index >= 15 is 0 Å². The number of amides is 2. The lowest BCUT2D eigenvalue weighted by Crippen LogP contribution is -2.45. The van der Waals surface area contributed by atoms with Crippen LogP contribution in [-0.2, 0) is 0 Å². The molecule has 0 spiro atoms. The molecule has 1 atom stereocenters. The highest BCUT2D eigenvalue weighted by molar-refractivity contribution is 7.99. The SMILES string of the molecule is CCCOc1ccc([C@H](CC)NC(=O)N2CCSCC2)cc1. The van der Waals surface area contributed by atoms with Crippen molar-refractivity contribution in [2.45, 2.75) is 32.7 Å². The van der Waals surface area contributed by atoms with Crippen LogP contribution in [0.3, 0.4) is 0 Å². The van der Waals surface area contributed by atoms with Crippen LogP contribution in [0.1, 0.15) is 38.3 Å². The minimum Gasteiger partial charge on any atom is -0.494 e. The zero-order valence-corrected chi connectivity index (χ0v) is 14.3. The number of rotatable bonds is 6. The van der Waals surface area contributed by atoms with Gasteiger partial charge >= 0.3 is 6.03 Å². The highest BCUT2D eigenvalue weighted by Gasteiger charge is 2.20. The number of carbonyl (C=O) groups excluding carboxylic acids is 1. The minimum absolute atomic E-state index is 0.0541. The van der Waals surface area contributed by atoms with Gasteiger partial charge in [-0.05, 0) is 30.5 Å². The fourth-order valence-corrected chi connectivity index (χ4v) is 3.35. The Kier molecular flexibility index (Phi) is 6.90. The second kappa shape index (κ2) is 8.93. The first-order chi connectivity index (χ1) is 10.7. The molecule has 2 rings (SSSR count). The van der Waals surface area contributed by atoms with E-state index in [2.05, 4.69) is 19.2 Å². The molecule has 1 aromatic rings. The van der Waals surface area contributed by atoms with Gasteiger partial charge in [-0.25, -0.2) is 4.79 Å². The van der Waals surface area contributed by atoms with E-state index in [1.165, 1.54) is 0 Å². The molecule has 1 saturated heterocycles. The van der Waals surface area contributed by atoms with Crippen LogP contribution in [0.5, 0.6) is 5.75 Å². The summed E-state index contributed by atoms with van der Waals surface area (Å²) < 4.78 is 5.60. The molecule has 1 N–H and O–H groups in total. The Balaban J connectivity index is 1.93. The van der Waals surface area contributed by atoms with E-state index in [9.17, 15) is 4.79 Å². The van der Waals surface area contributed by atoms with Gasteiger partial charge in [0.15, 0.2) is 0 Å². The zero-order valence-electron chi connectivity index (χ0n) is 13.5. The van der Waals surface area contributed by atoms with Crippen molar-refractivity contribution in [2.75, 3.05) is 31.2 Å². The highest BCUT2D eigenvalue weighted by atomic mass is 32.2. The predicted molar refractivity (Wildman–Crippen MR) is 92.7 cm³/mol. The average Bonchev–Trinajstić information content (AvgIpc) is 2.59. The number of nitrogens with one attached hydrogen (secondary N) is 1. The molecule has 0 bridgehead atoms. The quantitative estimate of drug-likeness (QED) is 0.868. The van der Waals surface area contributed by atoms with Gasteiger partial charge in [0, 0.05) is 24.6 Å². The number of benzene rings is 1. The smallest absolute Gasteiger partial charge is 0.317 e. The maximum Gasteiger partial charge on any atom is 0.317 e. The van der Waals surface area contributed by atoms with Gasteiger partial charge in [0.05, 0.1) is 12.6 Å². The number of hydrogen-bond donors (Lipinski definition) is 1. The summed E-state index contributed by atoms with van der Waals surface area (Å²) in [4.78, 5) is 14.2. The largest absolute Gasteiger partial charge is 0.494 e. The fraction of sp³-hybridized carbons (Fsp3) is 0.588. The van der Waals surface area contributed by atoms with E-state index in [4.69, 9.17) is 4.74 Å². The molecule has 0 aromatic heterocycles. The van der Waals surface area contributed by atoms with Gasteiger partial charge in [-0.2, -0.15) is 11.8 Å². The van der Waals surface area contributed by atoms with Crippen molar-refractivity contribution >= 4 is 17.8 Å². The molecule has 1 fully saturated rings. The summed E-state index contributed by atoms with van der Waals surface area (Å²) in [5.74, 6) is 2.96. The number of carbonyl (C=O) groups is 1. The van der Waals surface area contributed by atoms with Crippen LogP contribution in [0.4, 0.5) is 4.79 Å². The third kappa shape index (κ3) is 4.83. The lowest BCUT2D eigenvalue weighted by atomic mass is 10.0. The minimum atomic E-state index is 0.0541.